The number of sulfonamides is 1. The molecule has 9 nitrogen and oxygen atoms in total. The fourth-order valence-corrected chi connectivity index (χ4v) is 3.83. The molecular formula is C21H16N4O5S. The summed E-state index contributed by atoms with van der Waals surface area (Å²) in [5.74, 6) is -0.832. The lowest BCUT2D eigenvalue weighted by molar-refractivity contribution is 0.0997. The van der Waals surface area contributed by atoms with E-state index in [1.807, 2.05) is 0 Å². The van der Waals surface area contributed by atoms with Crippen LogP contribution in [0.2, 0.25) is 0 Å². The number of hydrogen-bond acceptors (Lipinski definition) is 7. The second kappa shape index (κ2) is 8.00. The van der Waals surface area contributed by atoms with Crippen LogP contribution in [-0.2, 0) is 10.0 Å². The van der Waals surface area contributed by atoms with Gasteiger partial charge in [0, 0.05) is 24.1 Å². The second-order valence-electron chi connectivity index (χ2n) is 6.58. The van der Waals surface area contributed by atoms with Crippen molar-refractivity contribution in [3.63, 3.8) is 0 Å². The number of amides is 1. The Labute approximate surface area is 176 Å². The Balaban J connectivity index is 1.54. The predicted molar refractivity (Wildman–Crippen MR) is 114 cm³/mol. The highest BCUT2D eigenvalue weighted by Crippen LogP contribution is 2.19. The minimum absolute atomic E-state index is 0.0363. The average molecular weight is 436 g/mol. The maximum Gasteiger partial charge on any atom is 0.291 e. The third-order valence-corrected chi connectivity index (χ3v) is 5.73. The summed E-state index contributed by atoms with van der Waals surface area (Å²) in [6.07, 6.45) is 2.83. The van der Waals surface area contributed by atoms with Crippen molar-refractivity contribution in [3.8, 4) is 0 Å². The molecule has 0 saturated carbocycles. The molecule has 156 valence electrons. The zero-order valence-electron chi connectivity index (χ0n) is 16.2. The van der Waals surface area contributed by atoms with Crippen LogP contribution in [0.1, 0.15) is 16.1 Å². The van der Waals surface area contributed by atoms with Gasteiger partial charge in [0.25, 0.3) is 15.9 Å². The van der Waals surface area contributed by atoms with Crippen LogP contribution < -0.4 is 15.5 Å². The Morgan fingerprint density at radius 3 is 2.42 bits per heavy atom. The highest BCUT2D eigenvalue weighted by atomic mass is 32.2. The molecular weight excluding hydrogens is 420 g/mol. The standard InChI is InChI=1S/C21H16N4O5S/c1-13-4-2-5-16-17(26)12-18(30-19(13)16)20(27)24-14-6-8-15(9-7-14)31(28,29)25-21-22-10-3-11-23-21/h2-12H,1H3,(H,24,27)(H,22,23,25). The Hall–Kier alpha value is -4.05. The van der Waals surface area contributed by atoms with Gasteiger partial charge < -0.3 is 9.73 Å². The van der Waals surface area contributed by atoms with Crippen molar-refractivity contribution in [2.75, 3.05) is 10.0 Å². The number of aromatic nitrogens is 2. The maximum atomic E-state index is 12.6. The van der Waals surface area contributed by atoms with E-state index >= 15 is 0 Å². The lowest BCUT2D eigenvalue weighted by Crippen LogP contribution is -2.16. The number of anilines is 2. The van der Waals surface area contributed by atoms with Crippen LogP contribution >= 0.6 is 0 Å². The molecule has 0 aliphatic rings. The lowest BCUT2D eigenvalue weighted by atomic mass is 10.1. The zero-order chi connectivity index (χ0) is 22.0. The summed E-state index contributed by atoms with van der Waals surface area (Å²) in [5, 5.41) is 2.98. The molecule has 2 heterocycles. The van der Waals surface area contributed by atoms with Crippen LogP contribution in [0, 0.1) is 6.92 Å². The molecule has 31 heavy (non-hydrogen) atoms. The first-order valence-electron chi connectivity index (χ1n) is 9.08. The fraction of sp³-hybridized carbons (Fsp3) is 0.0476. The first-order valence-corrected chi connectivity index (χ1v) is 10.6. The first-order chi connectivity index (χ1) is 14.8. The highest BCUT2D eigenvalue weighted by Gasteiger charge is 2.17. The summed E-state index contributed by atoms with van der Waals surface area (Å²) in [4.78, 5) is 32.4. The summed E-state index contributed by atoms with van der Waals surface area (Å²) >= 11 is 0. The van der Waals surface area contributed by atoms with Gasteiger partial charge in [0.15, 0.2) is 11.2 Å². The fourth-order valence-electron chi connectivity index (χ4n) is 2.87. The van der Waals surface area contributed by atoms with Crippen LogP contribution in [-0.4, -0.2) is 24.3 Å². The van der Waals surface area contributed by atoms with E-state index in [0.717, 1.165) is 11.6 Å². The van der Waals surface area contributed by atoms with Crippen LogP contribution in [0.5, 0.6) is 0 Å². The summed E-state index contributed by atoms with van der Waals surface area (Å²) in [5.41, 5.74) is 1.07. The summed E-state index contributed by atoms with van der Waals surface area (Å²) in [6, 6.07) is 13.3. The van der Waals surface area contributed by atoms with Crippen LogP contribution in [0.3, 0.4) is 0 Å². The van der Waals surface area contributed by atoms with E-state index in [1.54, 1.807) is 31.2 Å². The number of carbonyl (C=O) groups is 1. The van der Waals surface area contributed by atoms with Gasteiger partial charge in [-0.1, -0.05) is 12.1 Å². The molecule has 0 radical (unpaired) electrons. The molecule has 0 atom stereocenters. The smallest absolute Gasteiger partial charge is 0.291 e. The van der Waals surface area contributed by atoms with Gasteiger partial charge in [-0.3, -0.25) is 9.59 Å². The molecule has 0 unspecified atom stereocenters. The summed E-state index contributed by atoms with van der Waals surface area (Å²) in [6.45, 7) is 1.78. The van der Waals surface area contributed by atoms with Crippen molar-refractivity contribution in [1.29, 1.82) is 0 Å². The normalized spacial score (nSPS) is 11.3. The van der Waals surface area contributed by atoms with Gasteiger partial charge in [-0.2, -0.15) is 0 Å². The number of carbonyl (C=O) groups excluding carboxylic acids is 1. The number of para-hydroxylation sites is 1. The molecule has 1 amide bonds. The minimum Gasteiger partial charge on any atom is -0.450 e. The molecule has 2 aromatic heterocycles. The Kier molecular flexibility index (Phi) is 5.22. The SMILES string of the molecule is Cc1cccc2c(=O)cc(C(=O)Nc3ccc(S(=O)(=O)Nc4ncccn4)cc3)oc12. The van der Waals surface area contributed by atoms with Crippen molar-refractivity contribution in [1.82, 2.24) is 9.97 Å². The molecule has 0 aliphatic carbocycles. The van der Waals surface area contributed by atoms with Crippen LogP contribution in [0.15, 0.2) is 81.1 Å². The molecule has 2 N–H and O–H groups in total. The molecule has 0 bridgehead atoms. The molecule has 0 aliphatic heterocycles. The van der Waals surface area contributed by atoms with Crippen molar-refractivity contribution in [2.45, 2.75) is 11.8 Å². The van der Waals surface area contributed by atoms with E-state index in [0.29, 0.717) is 16.7 Å². The third-order valence-electron chi connectivity index (χ3n) is 4.39. The van der Waals surface area contributed by atoms with Gasteiger partial charge in [-0.15, -0.1) is 0 Å². The zero-order valence-corrected chi connectivity index (χ0v) is 17.0. The average Bonchev–Trinajstić information content (AvgIpc) is 2.75. The van der Waals surface area contributed by atoms with Crippen molar-refractivity contribution >= 4 is 38.5 Å². The monoisotopic (exact) mass is 436 g/mol. The van der Waals surface area contributed by atoms with E-state index in [4.69, 9.17) is 4.42 Å². The number of nitrogens with zero attached hydrogens (tertiary/aromatic N) is 2. The topological polar surface area (TPSA) is 131 Å². The van der Waals surface area contributed by atoms with E-state index in [-0.39, 0.29) is 22.0 Å². The number of rotatable bonds is 5. The van der Waals surface area contributed by atoms with Gasteiger partial charge in [0.2, 0.25) is 5.95 Å². The second-order valence-corrected chi connectivity index (χ2v) is 8.27. The molecule has 4 rings (SSSR count). The Morgan fingerprint density at radius 1 is 1.00 bits per heavy atom. The molecule has 0 spiro atoms. The van der Waals surface area contributed by atoms with Gasteiger partial charge >= 0.3 is 0 Å². The lowest BCUT2D eigenvalue weighted by Gasteiger charge is -2.09. The van der Waals surface area contributed by atoms with Crippen molar-refractivity contribution in [2.24, 2.45) is 0 Å². The summed E-state index contributed by atoms with van der Waals surface area (Å²) < 4.78 is 32.7. The van der Waals surface area contributed by atoms with Gasteiger partial charge in [0.1, 0.15) is 5.58 Å². The van der Waals surface area contributed by atoms with Gasteiger partial charge in [0.05, 0.1) is 10.3 Å². The molecule has 0 saturated heterocycles. The van der Waals surface area contributed by atoms with Crippen molar-refractivity contribution < 1.29 is 17.6 Å². The van der Waals surface area contributed by atoms with Crippen LogP contribution in [0.4, 0.5) is 11.6 Å². The molecule has 2 aromatic carbocycles. The van der Waals surface area contributed by atoms with Crippen LogP contribution in [0.25, 0.3) is 11.0 Å². The summed E-state index contributed by atoms with van der Waals surface area (Å²) in [7, 11) is -3.89. The predicted octanol–water partition coefficient (Wildman–Crippen LogP) is 2.94. The number of nitrogens with one attached hydrogen (secondary N) is 2. The van der Waals surface area contributed by atoms with E-state index in [9.17, 15) is 18.0 Å². The van der Waals surface area contributed by atoms with Gasteiger partial charge in [-0.05, 0) is 48.9 Å². The minimum atomic E-state index is -3.89. The quantitative estimate of drug-likeness (QED) is 0.492. The maximum absolute atomic E-state index is 12.6. The van der Waals surface area contributed by atoms with E-state index < -0.39 is 15.9 Å². The molecule has 4 aromatic rings. The largest absolute Gasteiger partial charge is 0.450 e. The first kappa shape index (κ1) is 20.2. The van der Waals surface area contributed by atoms with E-state index in [1.165, 1.54) is 36.7 Å². The van der Waals surface area contributed by atoms with E-state index in [2.05, 4.69) is 20.0 Å². The Morgan fingerprint density at radius 2 is 1.71 bits per heavy atom. The Bertz CT molecular complexity index is 1430. The number of aryl methyl sites for hydroxylation is 1. The number of fused-ring (bicyclic) bond motifs is 1. The molecule has 0 fully saturated rings. The van der Waals surface area contributed by atoms with Gasteiger partial charge in [-0.25, -0.2) is 23.1 Å². The number of hydrogen-bond donors (Lipinski definition) is 2. The van der Waals surface area contributed by atoms with Crippen molar-refractivity contribution in [3.05, 3.63) is 88.5 Å². The third kappa shape index (κ3) is 4.28. The molecule has 10 heteroatoms. The number of benzene rings is 2. The highest BCUT2D eigenvalue weighted by molar-refractivity contribution is 7.92.